The number of benzene rings is 1. The molecule has 3 N–H and O–H groups in total. The summed E-state index contributed by atoms with van der Waals surface area (Å²) in [5, 5.41) is 11.5. The molecule has 39 heavy (non-hydrogen) atoms. The molecule has 4 aromatic rings. The number of rotatable bonds is 7. The van der Waals surface area contributed by atoms with Crippen LogP contribution in [0.1, 0.15) is 62.0 Å². The van der Waals surface area contributed by atoms with Gasteiger partial charge in [-0.3, -0.25) is 4.79 Å². The van der Waals surface area contributed by atoms with Gasteiger partial charge in [0.1, 0.15) is 22.6 Å². The van der Waals surface area contributed by atoms with Gasteiger partial charge in [-0.15, -0.1) is 0 Å². The molecule has 2 fully saturated rings. The highest BCUT2D eigenvalue weighted by atomic mass is 19.1. The molecule has 0 atom stereocenters. The van der Waals surface area contributed by atoms with E-state index in [1.165, 1.54) is 6.07 Å². The van der Waals surface area contributed by atoms with Gasteiger partial charge in [0.05, 0.1) is 16.9 Å². The van der Waals surface area contributed by atoms with Gasteiger partial charge in [-0.25, -0.2) is 14.4 Å². The lowest BCUT2D eigenvalue weighted by atomic mass is 9.93. The average molecular weight is 533 g/mol. The summed E-state index contributed by atoms with van der Waals surface area (Å²) >= 11 is 0. The Bertz CT molecular complexity index is 1550. The van der Waals surface area contributed by atoms with E-state index in [-0.39, 0.29) is 5.91 Å². The lowest BCUT2D eigenvalue weighted by molar-refractivity contribution is 0.0687. The zero-order valence-corrected chi connectivity index (χ0v) is 23.0. The Hall–Kier alpha value is -3.30. The van der Waals surface area contributed by atoms with Gasteiger partial charge in [-0.2, -0.15) is 0 Å². The highest BCUT2D eigenvalue weighted by Crippen LogP contribution is 2.37. The van der Waals surface area contributed by atoms with E-state index in [0.717, 1.165) is 55.4 Å². The summed E-state index contributed by atoms with van der Waals surface area (Å²) in [4.78, 5) is 24.8. The molecule has 206 valence electrons. The van der Waals surface area contributed by atoms with E-state index in [1.807, 2.05) is 30.1 Å². The highest BCUT2D eigenvalue weighted by Gasteiger charge is 2.29. The number of hydrogen-bond donors (Lipinski definition) is 2. The number of hydrogen-bond acceptors (Lipinski definition) is 5. The Kier molecular flexibility index (Phi) is 6.46. The Morgan fingerprint density at radius 2 is 1.85 bits per heavy atom. The Morgan fingerprint density at radius 3 is 2.51 bits per heavy atom. The molecule has 1 aromatic carbocycles. The Morgan fingerprint density at radius 1 is 1.10 bits per heavy atom. The smallest absolute Gasteiger partial charge is 0.254 e. The van der Waals surface area contributed by atoms with Crippen molar-refractivity contribution in [2.75, 3.05) is 19.6 Å². The molecule has 1 saturated heterocycles. The van der Waals surface area contributed by atoms with E-state index in [9.17, 15) is 9.90 Å². The van der Waals surface area contributed by atoms with Crippen LogP contribution in [0, 0.1) is 17.7 Å². The number of carbonyl (C=O) groups excluding carboxylic acids is 1. The van der Waals surface area contributed by atoms with Crippen LogP contribution in [0.15, 0.2) is 30.3 Å². The fourth-order valence-electron chi connectivity index (χ4n) is 5.89. The molecular weight excluding hydrogens is 495 g/mol. The number of piperidine rings is 1. The molecule has 6 rings (SSSR count). The normalized spacial score (nSPS) is 17.0. The van der Waals surface area contributed by atoms with Crippen molar-refractivity contribution in [3.8, 4) is 11.5 Å². The van der Waals surface area contributed by atoms with Gasteiger partial charge in [0, 0.05) is 37.6 Å². The molecule has 0 radical (unpaired) electrons. The topological polar surface area (TPSA) is 102 Å². The van der Waals surface area contributed by atoms with Gasteiger partial charge >= 0.3 is 0 Å². The minimum absolute atomic E-state index is 0.152. The molecule has 4 heterocycles. The summed E-state index contributed by atoms with van der Waals surface area (Å²) in [7, 11) is 1.81. The standard InChI is InChI=1S/C30H37FN6O2/c1-30(2,39)25-7-6-20-16-24(37(27(20)34-25)17-19-4-5-19)28-33-23-15-21(14-22(31)26(23)35(28)3)29(38)36-12-9-18(8-11-32)10-13-36/h6-7,14-16,18-19,39H,4-5,8-13,17,32H2,1-3H3. The van der Waals surface area contributed by atoms with Crippen LogP contribution < -0.4 is 5.73 Å². The summed E-state index contributed by atoms with van der Waals surface area (Å²) in [6.07, 6.45) is 5.16. The molecule has 9 heteroatoms. The predicted octanol–water partition coefficient (Wildman–Crippen LogP) is 4.57. The van der Waals surface area contributed by atoms with E-state index >= 15 is 4.39 Å². The molecule has 1 aliphatic heterocycles. The zero-order valence-electron chi connectivity index (χ0n) is 23.0. The molecule has 2 aliphatic rings. The van der Waals surface area contributed by atoms with Crippen LogP contribution in [-0.4, -0.2) is 54.7 Å². The largest absolute Gasteiger partial charge is 0.384 e. The fourth-order valence-corrected chi connectivity index (χ4v) is 5.89. The van der Waals surface area contributed by atoms with Gasteiger partial charge < -0.3 is 24.9 Å². The summed E-state index contributed by atoms with van der Waals surface area (Å²) in [6.45, 7) is 6.24. The van der Waals surface area contributed by atoms with E-state index < -0.39 is 11.4 Å². The molecule has 0 bridgehead atoms. The second kappa shape index (κ2) is 9.71. The van der Waals surface area contributed by atoms with Crippen LogP contribution in [0.4, 0.5) is 4.39 Å². The van der Waals surface area contributed by atoms with E-state index in [0.29, 0.717) is 59.6 Å². The average Bonchev–Trinajstić information content (AvgIpc) is 3.57. The van der Waals surface area contributed by atoms with Crippen LogP contribution >= 0.6 is 0 Å². The van der Waals surface area contributed by atoms with Gasteiger partial charge in [0.2, 0.25) is 0 Å². The summed E-state index contributed by atoms with van der Waals surface area (Å²) in [5.74, 6) is 1.13. The maximum Gasteiger partial charge on any atom is 0.254 e. The van der Waals surface area contributed by atoms with E-state index in [1.54, 1.807) is 24.5 Å². The first-order chi connectivity index (χ1) is 18.6. The lowest BCUT2D eigenvalue weighted by Gasteiger charge is -2.32. The van der Waals surface area contributed by atoms with Crippen molar-refractivity contribution in [3.05, 3.63) is 47.4 Å². The number of nitrogens with two attached hydrogens (primary N) is 1. The highest BCUT2D eigenvalue weighted by molar-refractivity contribution is 5.98. The molecule has 0 spiro atoms. The van der Waals surface area contributed by atoms with Crippen molar-refractivity contribution in [1.29, 1.82) is 0 Å². The number of carbonyl (C=O) groups is 1. The van der Waals surface area contributed by atoms with Crippen molar-refractivity contribution in [2.45, 2.75) is 58.1 Å². The number of fused-ring (bicyclic) bond motifs is 2. The van der Waals surface area contributed by atoms with Crippen LogP contribution in [0.5, 0.6) is 0 Å². The molecule has 1 saturated carbocycles. The van der Waals surface area contributed by atoms with Crippen molar-refractivity contribution in [1.82, 2.24) is 24.0 Å². The maximum atomic E-state index is 15.5. The van der Waals surface area contributed by atoms with Gasteiger partial charge in [0.15, 0.2) is 5.82 Å². The third-order valence-electron chi connectivity index (χ3n) is 8.38. The number of amides is 1. The monoisotopic (exact) mass is 532 g/mol. The number of imidazole rings is 1. The zero-order chi connectivity index (χ0) is 27.5. The maximum absolute atomic E-state index is 15.5. The Balaban J connectivity index is 1.39. The van der Waals surface area contributed by atoms with Gasteiger partial charge in [0.25, 0.3) is 5.91 Å². The first kappa shape index (κ1) is 26.0. The number of halogens is 1. The number of aliphatic hydroxyl groups is 1. The van der Waals surface area contributed by atoms with E-state index in [4.69, 9.17) is 15.7 Å². The molecule has 1 amide bonds. The van der Waals surface area contributed by atoms with Crippen molar-refractivity contribution in [3.63, 3.8) is 0 Å². The third-order valence-corrected chi connectivity index (χ3v) is 8.38. The van der Waals surface area contributed by atoms with Crippen LogP contribution in [-0.2, 0) is 19.2 Å². The first-order valence-electron chi connectivity index (χ1n) is 14.0. The third kappa shape index (κ3) is 4.82. The number of nitrogens with zero attached hydrogens (tertiary/aromatic N) is 5. The van der Waals surface area contributed by atoms with E-state index in [2.05, 4.69) is 4.57 Å². The van der Waals surface area contributed by atoms with Crippen LogP contribution in [0.2, 0.25) is 0 Å². The van der Waals surface area contributed by atoms with Gasteiger partial charge in [-0.1, -0.05) is 0 Å². The molecule has 8 nitrogen and oxygen atoms in total. The van der Waals surface area contributed by atoms with Crippen molar-refractivity contribution >= 4 is 28.0 Å². The Labute approximate surface area is 227 Å². The van der Waals surface area contributed by atoms with Crippen LogP contribution in [0.3, 0.4) is 0 Å². The summed E-state index contributed by atoms with van der Waals surface area (Å²) in [6, 6.07) is 8.92. The second-order valence-corrected chi connectivity index (χ2v) is 11.9. The predicted molar refractivity (Wildman–Crippen MR) is 150 cm³/mol. The van der Waals surface area contributed by atoms with Crippen molar-refractivity contribution < 1.29 is 14.3 Å². The van der Waals surface area contributed by atoms with Gasteiger partial charge in [-0.05, 0) is 94.7 Å². The van der Waals surface area contributed by atoms with Crippen LogP contribution in [0.25, 0.3) is 33.6 Å². The minimum atomic E-state index is -1.06. The summed E-state index contributed by atoms with van der Waals surface area (Å²) < 4.78 is 19.5. The number of pyridine rings is 1. The number of aryl methyl sites for hydroxylation is 1. The molecule has 1 aliphatic carbocycles. The SMILES string of the molecule is Cn1c(-c2cc3ccc(C(C)(C)O)nc3n2CC2CC2)nc2cc(C(=O)N3CCC(CCN)CC3)cc(F)c21. The molecular formula is C30H37FN6O2. The minimum Gasteiger partial charge on any atom is -0.384 e. The quantitative estimate of drug-likeness (QED) is 0.363. The molecule has 0 unspecified atom stereocenters. The number of aromatic nitrogens is 4. The second-order valence-electron chi connectivity index (χ2n) is 11.9. The summed E-state index contributed by atoms with van der Waals surface area (Å²) in [5.41, 5.74) is 8.05. The fraction of sp³-hybridized carbons (Fsp3) is 0.500. The van der Waals surface area contributed by atoms with Crippen molar-refractivity contribution in [2.24, 2.45) is 24.6 Å². The number of likely N-dealkylation sites (tertiary alicyclic amines) is 1. The lowest BCUT2D eigenvalue weighted by Crippen LogP contribution is -2.38. The first-order valence-corrected chi connectivity index (χ1v) is 14.0. The molecule has 3 aromatic heterocycles.